The first kappa shape index (κ1) is 26.0. The number of carbonyl (C=O) groups is 3. The van der Waals surface area contributed by atoms with E-state index in [0.717, 1.165) is 28.0 Å². The Hall–Kier alpha value is -4.10. The summed E-state index contributed by atoms with van der Waals surface area (Å²) in [5.74, 6) is -0.491. The molecule has 190 valence electrons. The van der Waals surface area contributed by atoms with E-state index in [-0.39, 0.29) is 12.2 Å². The van der Waals surface area contributed by atoms with Gasteiger partial charge in [0, 0.05) is 10.6 Å². The van der Waals surface area contributed by atoms with Crippen LogP contribution >= 0.6 is 11.6 Å². The van der Waals surface area contributed by atoms with E-state index < -0.39 is 17.8 Å². The van der Waals surface area contributed by atoms with Crippen molar-refractivity contribution in [2.75, 3.05) is 11.5 Å². The number of nitrogens with one attached hydrogen (secondary N) is 1. The number of urea groups is 1. The van der Waals surface area contributed by atoms with Gasteiger partial charge in [0.25, 0.3) is 11.8 Å². The highest BCUT2D eigenvalue weighted by atomic mass is 35.5. The van der Waals surface area contributed by atoms with Gasteiger partial charge in [0.2, 0.25) is 0 Å². The molecular formula is C29H27ClN2O5. The maximum atomic E-state index is 13.3. The molecule has 0 unspecified atom stereocenters. The molecule has 1 aliphatic rings. The molecule has 1 fully saturated rings. The van der Waals surface area contributed by atoms with Gasteiger partial charge in [-0.05, 0) is 74.4 Å². The number of imide groups is 2. The minimum absolute atomic E-state index is 0.218. The van der Waals surface area contributed by atoms with Gasteiger partial charge in [0.1, 0.15) is 23.7 Å². The molecule has 1 N–H and O–H groups in total. The van der Waals surface area contributed by atoms with Crippen LogP contribution in [0, 0.1) is 13.8 Å². The molecule has 1 saturated heterocycles. The number of anilines is 1. The molecule has 3 aromatic carbocycles. The van der Waals surface area contributed by atoms with Crippen molar-refractivity contribution in [1.82, 2.24) is 5.32 Å². The molecule has 0 atom stereocenters. The van der Waals surface area contributed by atoms with Crippen LogP contribution in [0.25, 0.3) is 6.08 Å². The predicted molar refractivity (Wildman–Crippen MR) is 143 cm³/mol. The molecule has 0 bridgehead atoms. The Kier molecular flexibility index (Phi) is 7.94. The van der Waals surface area contributed by atoms with E-state index in [9.17, 15) is 14.4 Å². The summed E-state index contributed by atoms with van der Waals surface area (Å²) in [6.45, 7) is 6.87. The van der Waals surface area contributed by atoms with Crippen molar-refractivity contribution < 1.29 is 23.9 Å². The minimum atomic E-state index is -0.827. The summed E-state index contributed by atoms with van der Waals surface area (Å²) in [5.41, 5.74) is 3.76. The zero-order valence-corrected chi connectivity index (χ0v) is 21.6. The number of halogens is 1. The zero-order valence-electron chi connectivity index (χ0n) is 20.8. The van der Waals surface area contributed by atoms with E-state index in [1.165, 1.54) is 6.08 Å². The number of rotatable bonds is 8. The topological polar surface area (TPSA) is 84.9 Å². The maximum absolute atomic E-state index is 13.3. The second-order valence-corrected chi connectivity index (χ2v) is 9.20. The molecule has 37 heavy (non-hydrogen) atoms. The van der Waals surface area contributed by atoms with E-state index >= 15 is 0 Å². The highest BCUT2D eigenvalue weighted by molar-refractivity contribution is 6.39. The standard InChI is InChI=1S/C29H27ClN2O5/c1-4-11-36-24-8-6-23(7-9-24)32-28(34)25(27(33)31-29(32)35)16-21-15-22(30)5-10-26(21)37-17-20-13-18(2)12-19(3)14-20/h5-10,12-16H,4,11,17H2,1-3H3,(H,31,33,35)/b25-16-. The van der Waals surface area contributed by atoms with Crippen molar-refractivity contribution >= 4 is 41.2 Å². The van der Waals surface area contributed by atoms with Crippen LogP contribution in [0.1, 0.15) is 35.6 Å². The predicted octanol–water partition coefficient (Wildman–Crippen LogP) is 5.99. The number of nitrogens with zero attached hydrogens (tertiary/aromatic N) is 1. The number of amides is 4. The molecule has 0 aliphatic carbocycles. The van der Waals surface area contributed by atoms with Crippen LogP contribution in [0.5, 0.6) is 11.5 Å². The molecular weight excluding hydrogens is 492 g/mol. The lowest BCUT2D eigenvalue weighted by atomic mass is 10.1. The van der Waals surface area contributed by atoms with Gasteiger partial charge in [-0.1, -0.05) is 47.9 Å². The SMILES string of the molecule is CCCOc1ccc(N2C(=O)NC(=O)/C(=C/c3cc(Cl)ccc3OCc3cc(C)cc(C)c3)C2=O)cc1. The summed E-state index contributed by atoms with van der Waals surface area (Å²) < 4.78 is 11.6. The highest BCUT2D eigenvalue weighted by Gasteiger charge is 2.37. The second-order valence-electron chi connectivity index (χ2n) is 8.77. The summed E-state index contributed by atoms with van der Waals surface area (Å²) in [5, 5.41) is 2.64. The Morgan fingerprint density at radius 1 is 0.919 bits per heavy atom. The second kappa shape index (κ2) is 11.3. The van der Waals surface area contributed by atoms with E-state index in [1.807, 2.05) is 32.9 Å². The summed E-state index contributed by atoms with van der Waals surface area (Å²) in [4.78, 5) is 39.5. The molecule has 8 heteroatoms. The number of benzene rings is 3. The van der Waals surface area contributed by atoms with Gasteiger partial charge in [-0.2, -0.15) is 0 Å². The van der Waals surface area contributed by atoms with Crippen LogP contribution in [-0.4, -0.2) is 24.5 Å². The van der Waals surface area contributed by atoms with Crippen molar-refractivity contribution in [3.8, 4) is 11.5 Å². The van der Waals surface area contributed by atoms with Gasteiger partial charge in [-0.15, -0.1) is 0 Å². The monoisotopic (exact) mass is 518 g/mol. The lowest BCUT2D eigenvalue weighted by Gasteiger charge is -2.26. The molecule has 4 amide bonds. The number of hydrogen-bond acceptors (Lipinski definition) is 5. The maximum Gasteiger partial charge on any atom is 0.335 e. The highest BCUT2D eigenvalue weighted by Crippen LogP contribution is 2.29. The first-order valence-electron chi connectivity index (χ1n) is 11.9. The number of hydrogen-bond donors (Lipinski definition) is 1. The fourth-order valence-electron chi connectivity index (χ4n) is 4.04. The largest absolute Gasteiger partial charge is 0.494 e. The third-order valence-electron chi connectivity index (χ3n) is 5.62. The Balaban J connectivity index is 1.62. The normalized spacial score (nSPS) is 14.6. The molecule has 0 aromatic heterocycles. The third-order valence-corrected chi connectivity index (χ3v) is 5.85. The average molecular weight is 519 g/mol. The Morgan fingerprint density at radius 3 is 2.30 bits per heavy atom. The summed E-state index contributed by atoms with van der Waals surface area (Å²) in [6.07, 6.45) is 2.24. The number of carbonyl (C=O) groups excluding carboxylic acids is 3. The molecule has 1 aliphatic heterocycles. The average Bonchev–Trinajstić information content (AvgIpc) is 2.85. The van der Waals surface area contributed by atoms with Crippen molar-refractivity contribution in [2.45, 2.75) is 33.8 Å². The van der Waals surface area contributed by atoms with Crippen LogP contribution in [0.3, 0.4) is 0 Å². The van der Waals surface area contributed by atoms with Gasteiger partial charge in [0.15, 0.2) is 0 Å². The number of aryl methyl sites for hydroxylation is 2. The van der Waals surface area contributed by atoms with Crippen molar-refractivity contribution in [2.24, 2.45) is 0 Å². The third kappa shape index (κ3) is 6.19. The van der Waals surface area contributed by atoms with Gasteiger partial charge >= 0.3 is 6.03 Å². The number of barbiturate groups is 1. The van der Waals surface area contributed by atoms with E-state index in [0.29, 0.717) is 34.4 Å². The summed E-state index contributed by atoms with van der Waals surface area (Å²) in [7, 11) is 0. The van der Waals surface area contributed by atoms with Gasteiger partial charge in [-0.25, -0.2) is 9.69 Å². The molecule has 0 spiro atoms. The summed E-state index contributed by atoms with van der Waals surface area (Å²) in [6, 6.07) is 16.8. The Labute approximate surface area is 220 Å². The van der Waals surface area contributed by atoms with Crippen LogP contribution in [0.2, 0.25) is 5.02 Å². The van der Waals surface area contributed by atoms with Gasteiger partial charge in [-0.3, -0.25) is 14.9 Å². The first-order valence-corrected chi connectivity index (χ1v) is 12.3. The van der Waals surface area contributed by atoms with Crippen LogP contribution in [0.4, 0.5) is 10.5 Å². The van der Waals surface area contributed by atoms with Crippen molar-refractivity contribution in [3.05, 3.63) is 93.5 Å². The molecule has 1 heterocycles. The zero-order chi connectivity index (χ0) is 26.5. The van der Waals surface area contributed by atoms with Gasteiger partial charge in [0.05, 0.1) is 12.3 Å². The molecule has 3 aromatic rings. The van der Waals surface area contributed by atoms with E-state index in [4.69, 9.17) is 21.1 Å². The first-order chi connectivity index (χ1) is 17.7. The minimum Gasteiger partial charge on any atom is -0.494 e. The van der Waals surface area contributed by atoms with E-state index in [2.05, 4.69) is 11.4 Å². The quantitative estimate of drug-likeness (QED) is 0.292. The van der Waals surface area contributed by atoms with Crippen LogP contribution in [0.15, 0.2) is 66.2 Å². The fourth-order valence-corrected chi connectivity index (χ4v) is 4.22. The lowest BCUT2D eigenvalue weighted by Crippen LogP contribution is -2.54. The lowest BCUT2D eigenvalue weighted by molar-refractivity contribution is -0.122. The van der Waals surface area contributed by atoms with E-state index in [1.54, 1.807) is 42.5 Å². The van der Waals surface area contributed by atoms with Crippen molar-refractivity contribution in [1.29, 1.82) is 0 Å². The van der Waals surface area contributed by atoms with Crippen LogP contribution in [-0.2, 0) is 16.2 Å². The smallest absolute Gasteiger partial charge is 0.335 e. The molecule has 7 nitrogen and oxygen atoms in total. The number of ether oxygens (including phenoxy) is 2. The van der Waals surface area contributed by atoms with Crippen LogP contribution < -0.4 is 19.7 Å². The Morgan fingerprint density at radius 2 is 1.62 bits per heavy atom. The molecule has 4 rings (SSSR count). The molecule has 0 radical (unpaired) electrons. The Bertz CT molecular complexity index is 1360. The van der Waals surface area contributed by atoms with Crippen molar-refractivity contribution in [3.63, 3.8) is 0 Å². The fraction of sp³-hybridized carbons (Fsp3) is 0.207. The van der Waals surface area contributed by atoms with Gasteiger partial charge < -0.3 is 9.47 Å². The molecule has 0 saturated carbocycles. The summed E-state index contributed by atoms with van der Waals surface area (Å²) >= 11 is 6.22.